The van der Waals surface area contributed by atoms with Gasteiger partial charge in [0.25, 0.3) is 5.91 Å². The van der Waals surface area contributed by atoms with Crippen LogP contribution in [-0.2, 0) is 0 Å². The van der Waals surface area contributed by atoms with Crippen molar-refractivity contribution in [3.63, 3.8) is 0 Å². The smallest absolute Gasteiger partial charge is 0.255 e. The third-order valence-corrected chi connectivity index (χ3v) is 4.67. The molecule has 2 heterocycles. The van der Waals surface area contributed by atoms with E-state index in [0.29, 0.717) is 41.1 Å². The summed E-state index contributed by atoms with van der Waals surface area (Å²) in [5, 5.41) is 6.63. The zero-order valence-corrected chi connectivity index (χ0v) is 15.9. The first-order valence-electron chi connectivity index (χ1n) is 8.79. The van der Waals surface area contributed by atoms with Gasteiger partial charge in [0.1, 0.15) is 19.0 Å². The molecule has 6 nitrogen and oxygen atoms in total. The minimum absolute atomic E-state index is 0.243. The van der Waals surface area contributed by atoms with Gasteiger partial charge in [-0.25, -0.2) is 4.98 Å². The lowest BCUT2D eigenvalue weighted by molar-refractivity contribution is 0.102. The molecule has 0 unspecified atom stereocenters. The highest BCUT2D eigenvalue weighted by atomic mass is 35.5. The fourth-order valence-electron chi connectivity index (χ4n) is 2.78. The summed E-state index contributed by atoms with van der Waals surface area (Å²) in [5.74, 6) is 1.70. The molecule has 1 aliphatic rings. The predicted molar refractivity (Wildman–Crippen MR) is 109 cm³/mol. The van der Waals surface area contributed by atoms with Crippen molar-refractivity contribution in [3.05, 3.63) is 70.9 Å². The van der Waals surface area contributed by atoms with Crippen LogP contribution in [0.1, 0.15) is 15.9 Å². The zero-order chi connectivity index (χ0) is 19.5. The summed E-state index contributed by atoms with van der Waals surface area (Å²) < 4.78 is 11.1. The third-order valence-electron chi connectivity index (χ3n) is 4.27. The summed E-state index contributed by atoms with van der Waals surface area (Å²) in [6.07, 6.45) is 1.58. The standard InChI is InChI=1S/C21H18ClN3O3/c1-13-2-3-15(11-17(13)22)25-21(26)14-6-7-23-20(10-14)24-16-4-5-18-19(12-16)28-9-8-27-18/h2-7,10-12H,8-9H2,1H3,(H,23,24)(H,25,26). The molecule has 0 atom stereocenters. The first kappa shape index (κ1) is 18.1. The van der Waals surface area contributed by atoms with Gasteiger partial charge in [-0.3, -0.25) is 4.79 Å². The summed E-state index contributed by atoms with van der Waals surface area (Å²) in [5.41, 5.74) is 2.86. The Balaban J connectivity index is 1.49. The lowest BCUT2D eigenvalue weighted by atomic mass is 10.2. The van der Waals surface area contributed by atoms with Crippen LogP contribution in [0.25, 0.3) is 0 Å². The summed E-state index contributed by atoms with van der Waals surface area (Å²) in [6, 6.07) is 14.3. The van der Waals surface area contributed by atoms with E-state index in [2.05, 4.69) is 15.6 Å². The topological polar surface area (TPSA) is 72.5 Å². The maximum atomic E-state index is 12.6. The van der Waals surface area contributed by atoms with Crippen molar-refractivity contribution in [2.75, 3.05) is 23.8 Å². The molecule has 0 saturated carbocycles. The Morgan fingerprint density at radius 3 is 2.61 bits per heavy atom. The summed E-state index contributed by atoms with van der Waals surface area (Å²) >= 11 is 6.12. The minimum atomic E-state index is -0.243. The van der Waals surface area contributed by atoms with Crippen LogP contribution < -0.4 is 20.1 Å². The van der Waals surface area contributed by atoms with Crippen LogP contribution in [0.2, 0.25) is 5.02 Å². The fourth-order valence-corrected chi connectivity index (χ4v) is 2.96. The van der Waals surface area contributed by atoms with Gasteiger partial charge in [-0.2, -0.15) is 0 Å². The van der Waals surface area contributed by atoms with E-state index in [0.717, 1.165) is 17.0 Å². The monoisotopic (exact) mass is 395 g/mol. The number of amides is 1. The van der Waals surface area contributed by atoms with Crippen LogP contribution in [0.3, 0.4) is 0 Å². The number of hydrogen-bond acceptors (Lipinski definition) is 5. The van der Waals surface area contributed by atoms with Gasteiger partial charge in [0.05, 0.1) is 0 Å². The van der Waals surface area contributed by atoms with Gasteiger partial charge < -0.3 is 20.1 Å². The Morgan fingerprint density at radius 1 is 1.00 bits per heavy atom. The number of anilines is 3. The number of nitrogens with zero attached hydrogens (tertiary/aromatic N) is 1. The molecule has 4 rings (SSSR count). The Kier molecular flexibility index (Phi) is 5.04. The van der Waals surface area contributed by atoms with E-state index in [1.807, 2.05) is 37.3 Å². The van der Waals surface area contributed by atoms with Crippen molar-refractivity contribution >= 4 is 34.7 Å². The molecule has 0 bridgehead atoms. The summed E-state index contributed by atoms with van der Waals surface area (Å²) in [4.78, 5) is 16.8. The molecule has 0 aliphatic carbocycles. The second-order valence-corrected chi connectivity index (χ2v) is 6.74. The maximum Gasteiger partial charge on any atom is 0.255 e. The molecule has 1 amide bonds. The number of pyridine rings is 1. The highest BCUT2D eigenvalue weighted by Gasteiger charge is 2.13. The van der Waals surface area contributed by atoms with E-state index < -0.39 is 0 Å². The van der Waals surface area contributed by atoms with E-state index in [-0.39, 0.29) is 5.91 Å². The van der Waals surface area contributed by atoms with E-state index in [4.69, 9.17) is 21.1 Å². The maximum absolute atomic E-state index is 12.6. The number of ether oxygens (including phenoxy) is 2. The highest BCUT2D eigenvalue weighted by molar-refractivity contribution is 6.31. The van der Waals surface area contributed by atoms with Crippen LogP contribution in [-0.4, -0.2) is 24.1 Å². The Bertz CT molecular complexity index is 1040. The fraction of sp³-hybridized carbons (Fsp3) is 0.143. The molecule has 7 heteroatoms. The average Bonchev–Trinajstić information content (AvgIpc) is 2.71. The van der Waals surface area contributed by atoms with Gasteiger partial charge in [0, 0.05) is 34.2 Å². The van der Waals surface area contributed by atoms with Crippen LogP contribution in [0, 0.1) is 6.92 Å². The number of hydrogen-bond donors (Lipinski definition) is 2. The molecule has 1 aliphatic heterocycles. The number of benzene rings is 2. The summed E-state index contributed by atoms with van der Waals surface area (Å²) in [6.45, 7) is 2.98. The number of aryl methyl sites for hydroxylation is 1. The second kappa shape index (κ2) is 7.78. The Hall–Kier alpha value is -3.25. The van der Waals surface area contributed by atoms with Crippen LogP contribution in [0.15, 0.2) is 54.7 Å². The first-order valence-corrected chi connectivity index (χ1v) is 9.16. The van der Waals surface area contributed by atoms with Gasteiger partial charge in [-0.05, 0) is 48.9 Å². The number of halogens is 1. The first-order chi connectivity index (χ1) is 13.6. The van der Waals surface area contributed by atoms with Gasteiger partial charge >= 0.3 is 0 Å². The van der Waals surface area contributed by atoms with Crippen LogP contribution in [0.4, 0.5) is 17.2 Å². The van der Waals surface area contributed by atoms with Gasteiger partial charge in [0.15, 0.2) is 11.5 Å². The van der Waals surface area contributed by atoms with Crippen molar-refractivity contribution in [3.8, 4) is 11.5 Å². The van der Waals surface area contributed by atoms with Gasteiger partial charge in [-0.1, -0.05) is 17.7 Å². The second-order valence-electron chi connectivity index (χ2n) is 6.33. The Labute approximate surface area is 167 Å². The summed E-state index contributed by atoms with van der Waals surface area (Å²) in [7, 11) is 0. The number of carbonyl (C=O) groups is 1. The SMILES string of the molecule is Cc1ccc(NC(=O)c2ccnc(Nc3ccc4c(c3)OCCO4)c2)cc1Cl. The van der Waals surface area contributed by atoms with Gasteiger partial charge in [0.2, 0.25) is 0 Å². The van der Waals surface area contributed by atoms with Gasteiger partial charge in [-0.15, -0.1) is 0 Å². The van der Waals surface area contributed by atoms with Crippen molar-refractivity contribution in [2.24, 2.45) is 0 Å². The molecular formula is C21H18ClN3O3. The van der Waals surface area contributed by atoms with Crippen molar-refractivity contribution in [2.45, 2.75) is 6.92 Å². The Morgan fingerprint density at radius 2 is 1.79 bits per heavy atom. The highest BCUT2D eigenvalue weighted by Crippen LogP contribution is 2.33. The molecule has 2 aromatic carbocycles. The quantitative estimate of drug-likeness (QED) is 0.663. The zero-order valence-electron chi connectivity index (χ0n) is 15.2. The molecule has 0 spiro atoms. The molecule has 1 aromatic heterocycles. The molecule has 142 valence electrons. The number of nitrogens with one attached hydrogen (secondary N) is 2. The van der Waals surface area contributed by atoms with E-state index in [1.165, 1.54) is 0 Å². The predicted octanol–water partition coefficient (Wildman–Crippen LogP) is 4.81. The van der Waals surface area contributed by atoms with Crippen molar-refractivity contribution in [1.29, 1.82) is 0 Å². The average molecular weight is 396 g/mol. The minimum Gasteiger partial charge on any atom is -0.486 e. The molecular weight excluding hydrogens is 378 g/mol. The molecule has 2 N–H and O–H groups in total. The van der Waals surface area contributed by atoms with Crippen molar-refractivity contribution < 1.29 is 14.3 Å². The van der Waals surface area contributed by atoms with Crippen LogP contribution >= 0.6 is 11.6 Å². The van der Waals surface area contributed by atoms with E-state index in [1.54, 1.807) is 24.4 Å². The molecule has 0 saturated heterocycles. The number of rotatable bonds is 4. The lowest BCUT2D eigenvalue weighted by Gasteiger charge is -2.19. The molecule has 28 heavy (non-hydrogen) atoms. The third kappa shape index (κ3) is 4.02. The largest absolute Gasteiger partial charge is 0.486 e. The van der Waals surface area contributed by atoms with E-state index >= 15 is 0 Å². The van der Waals surface area contributed by atoms with E-state index in [9.17, 15) is 4.79 Å². The molecule has 0 radical (unpaired) electrons. The number of carbonyl (C=O) groups excluding carboxylic acids is 1. The van der Waals surface area contributed by atoms with Crippen molar-refractivity contribution in [1.82, 2.24) is 4.98 Å². The molecule has 0 fully saturated rings. The molecule has 3 aromatic rings. The number of fused-ring (bicyclic) bond motifs is 1. The number of aromatic nitrogens is 1. The normalized spacial score (nSPS) is 12.4. The lowest BCUT2D eigenvalue weighted by Crippen LogP contribution is -2.15. The van der Waals surface area contributed by atoms with Crippen LogP contribution in [0.5, 0.6) is 11.5 Å².